The topological polar surface area (TPSA) is 134 Å². The number of carbonyl (C=O) groups excluding carboxylic acids is 2. The Kier molecular flexibility index (Phi) is 5.77. The third-order valence-electron chi connectivity index (χ3n) is 4.47. The van der Waals surface area contributed by atoms with Crippen LogP contribution in [0.4, 0.5) is 10.5 Å². The predicted molar refractivity (Wildman–Crippen MR) is 101 cm³/mol. The van der Waals surface area contributed by atoms with Gasteiger partial charge in [-0.2, -0.15) is 0 Å². The number of nitrogens with zero attached hydrogens (tertiary/aromatic N) is 1. The summed E-state index contributed by atoms with van der Waals surface area (Å²) in [6, 6.07) is 11.4. The Morgan fingerprint density at radius 3 is 2.62 bits per heavy atom. The first-order chi connectivity index (χ1) is 13.9. The second-order valence-corrected chi connectivity index (χ2v) is 6.43. The van der Waals surface area contributed by atoms with E-state index >= 15 is 0 Å². The van der Waals surface area contributed by atoms with Gasteiger partial charge in [-0.3, -0.25) is 10.1 Å². The Labute approximate surface area is 166 Å². The number of benzene rings is 2. The van der Waals surface area contributed by atoms with Gasteiger partial charge in [0.25, 0.3) is 5.69 Å². The summed E-state index contributed by atoms with van der Waals surface area (Å²) in [6.07, 6.45) is 0.514. The van der Waals surface area contributed by atoms with Gasteiger partial charge in [0.05, 0.1) is 23.1 Å². The van der Waals surface area contributed by atoms with E-state index in [1.54, 1.807) is 0 Å². The van der Waals surface area contributed by atoms with Crippen LogP contribution in [0.3, 0.4) is 0 Å². The van der Waals surface area contributed by atoms with Crippen LogP contribution in [0.15, 0.2) is 59.8 Å². The molecule has 1 aliphatic rings. The zero-order valence-corrected chi connectivity index (χ0v) is 15.5. The maximum absolute atomic E-state index is 12.7. The van der Waals surface area contributed by atoms with Crippen LogP contribution in [0.5, 0.6) is 5.75 Å². The zero-order valence-electron chi connectivity index (χ0n) is 15.5. The van der Waals surface area contributed by atoms with Gasteiger partial charge in [0.1, 0.15) is 0 Å². The number of nitro groups is 1. The molecule has 0 fully saturated rings. The summed E-state index contributed by atoms with van der Waals surface area (Å²) in [5.74, 6) is -1.42. The Bertz CT molecular complexity index is 987. The number of hydrogen-bond donors (Lipinski definition) is 2. The van der Waals surface area contributed by atoms with Gasteiger partial charge in [0.2, 0.25) is 0 Å². The third kappa shape index (κ3) is 4.52. The lowest BCUT2D eigenvalue weighted by Crippen LogP contribution is -2.45. The van der Waals surface area contributed by atoms with Crippen molar-refractivity contribution in [2.45, 2.75) is 19.4 Å². The third-order valence-corrected chi connectivity index (χ3v) is 4.47. The van der Waals surface area contributed by atoms with Crippen LogP contribution < -0.4 is 15.7 Å². The number of amides is 2. The van der Waals surface area contributed by atoms with Crippen LogP contribution >= 0.6 is 0 Å². The molecule has 2 aromatic carbocycles. The first-order valence-electron chi connectivity index (χ1n) is 8.81. The Morgan fingerprint density at radius 2 is 1.93 bits per heavy atom. The molecule has 2 N–H and O–H groups in total. The van der Waals surface area contributed by atoms with E-state index in [4.69, 9.17) is 4.74 Å². The molecule has 1 heterocycles. The van der Waals surface area contributed by atoms with Crippen molar-refractivity contribution in [3.63, 3.8) is 0 Å². The number of rotatable bonds is 6. The van der Waals surface area contributed by atoms with E-state index in [-0.39, 0.29) is 23.4 Å². The second-order valence-electron chi connectivity index (χ2n) is 6.43. The highest BCUT2D eigenvalue weighted by atomic mass is 16.6. The molecule has 3 rings (SSSR count). The highest BCUT2D eigenvalue weighted by Gasteiger charge is 2.33. The Hall–Kier alpha value is -3.88. The zero-order chi connectivity index (χ0) is 21.0. The average Bonchev–Trinajstić information content (AvgIpc) is 2.68. The van der Waals surface area contributed by atoms with E-state index in [9.17, 15) is 24.8 Å². The van der Waals surface area contributed by atoms with Crippen LogP contribution in [0.25, 0.3) is 0 Å². The highest BCUT2D eigenvalue weighted by molar-refractivity contribution is 5.95. The number of allylic oxidation sites excluding steroid dienone is 1. The molecule has 1 aliphatic heterocycles. The largest absolute Gasteiger partial charge is 0.868 e. The standard InChI is InChI=1S/C20H19N3O6/c1-12-17(19(25)29-10-9-13-5-3-2-4-6-13)18(22-20(26)21-12)14-7-8-16(24)15(11-14)23(27)28/h2-8,11,18,24H,9-10H2,1H3,(H2,21,22,26)/p-1/t18-/m0/s1. The van der Waals surface area contributed by atoms with Crippen LogP contribution in [-0.4, -0.2) is 23.5 Å². The molecule has 0 saturated carbocycles. The van der Waals surface area contributed by atoms with Crippen molar-refractivity contribution in [2.24, 2.45) is 0 Å². The van der Waals surface area contributed by atoms with Crippen LogP contribution in [-0.2, 0) is 16.0 Å². The van der Waals surface area contributed by atoms with E-state index in [1.807, 2.05) is 30.3 Å². The first kappa shape index (κ1) is 19.9. The molecule has 29 heavy (non-hydrogen) atoms. The first-order valence-corrected chi connectivity index (χ1v) is 8.81. The number of urea groups is 1. The molecule has 0 aromatic heterocycles. The molecule has 0 aliphatic carbocycles. The average molecular weight is 396 g/mol. The monoisotopic (exact) mass is 396 g/mol. The lowest BCUT2D eigenvalue weighted by Gasteiger charge is -2.28. The summed E-state index contributed by atoms with van der Waals surface area (Å²) in [5, 5.41) is 27.8. The van der Waals surface area contributed by atoms with Crippen LogP contribution in [0.1, 0.15) is 24.1 Å². The van der Waals surface area contributed by atoms with E-state index in [2.05, 4.69) is 10.6 Å². The van der Waals surface area contributed by atoms with E-state index < -0.39 is 34.4 Å². The fraction of sp³-hybridized carbons (Fsp3) is 0.200. The maximum Gasteiger partial charge on any atom is 0.338 e. The molecule has 0 saturated heterocycles. The normalized spacial score (nSPS) is 16.0. The lowest BCUT2D eigenvalue weighted by atomic mass is 9.95. The van der Waals surface area contributed by atoms with Gasteiger partial charge in [0.15, 0.2) is 0 Å². The number of esters is 1. The quantitative estimate of drug-likeness (QED) is 0.436. The van der Waals surface area contributed by atoms with Crippen molar-refractivity contribution < 1.29 is 24.4 Å². The molecule has 0 spiro atoms. The summed E-state index contributed by atoms with van der Waals surface area (Å²) in [5.41, 5.74) is 0.993. The fourth-order valence-electron chi connectivity index (χ4n) is 3.06. The van der Waals surface area contributed by atoms with Crippen molar-refractivity contribution in [1.29, 1.82) is 0 Å². The summed E-state index contributed by atoms with van der Waals surface area (Å²) in [4.78, 5) is 34.9. The SMILES string of the molecule is CC1=C(C(=O)OCCc2ccccc2)[C@H](c2ccc([O-])c([N+](=O)[O-])c2)NC(=O)N1. The molecule has 2 aromatic rings. The van der Waals surface area contributed by atoms with Crippen LogP contribution in [0, 0.1) is 10.1 Å². The van der Waals surface area contributed by atoms with Gasteiger partial charge < -0.3 is 20.5 Å². The van der Waals surface area contributed by atoms with Gasteiger partial charge in [0, 0.05) is 18.2 Å². The fourth-order valence-corrected chi connectivity index (χ4v) is 3.06. The van der Waals surface area contributed by atoms with E-state index in [0.717, 1.165) is 17.7 Å². The highest BCUT2D eigenvalue weighted by Crippen LogP contribution is 2.32. The summed E-state index contributed by atoms with van der Waals surface area (Å²) in [6.45, 7) is 1.66. The van der Waals surface area contributed by atoms with Gasteiger partial charge in [-0.25, -0.2) is 9.59 Å². The van der Waals surface area contributed by atoms with Gasteiger partial charge in [-0.15, -0.1) is 0 Å². The van der Waals surface area contributed by atoms with Crippen LogP contribution in [0.2, 0.25) is 0 Å². The van der Waals surface area contributed by atoms with E-state index in [0.29, 0.717) is 6.42 Å². The minimum atomic E-state index is -0.979. The number of nitro benzene ring substituents is 1. The molecule has 9 heteroatoms. The summed E-state index contributed by atoms with van der Waals surface area (Å²) < 4.78 is 5.36. The molecule has 0 bridgehead atoms. The van der Waals surface area contributed by atoms with E-state index in [1.165, 1.54) is 13.0 Å². The predicted octanol–water partition coefficient (Wildman–Crippen LogP) is 2.08. The molecular formula is C20H18N3O6-. The Morgan fingerprint density at radius 1 is 1.21 bits per heavy atom. The summed E-state index contributed by atoms with van der Waals surface area (Å²) >= 11 is 0. The van der Waals surface area contributed by atoms with Gasteiger partial charge in [-0.05, 0) is 23.8 Å². The van der Waals surface area contributed by atoms with Crippen molar-refractivity contribution in [1.82, 2.24) is 10.6 Å². The molecule has 0 radical (unpaired) electrons. The molecular weight excluding hydrogens is 378 g/mol. The molecule has 0 unspecified atom stereocenters. The molecule has 1 atom stereocenters. The van der Waals surface area contributed by atoms with Gasteiger partial charge in [-0.1, -0.05) is 42.5 Å². The number of hydrogen-bond acceptors (Lipinski definition) is 6. The molecule has 150 valence electrons. The number of nitrogens with one attached hydrogen (secondary N) is 2. The number of carbonyl (C=O) groups is 2. The molecule has 2 amide bonds. The molecule has 9 nitrogen and oxygen atoms in total. The smallest absolute Gasteiger partial charge is 0.338 e. The Balaban J connectivity index is 1.83. The van der Waals surface area contributed by atoms with Crippen molar-refractivity contribution in [2.75, 3.05) is 6.61 Å². The van der Waals surface area contributed by atoms with Crippen molar-refractivity contribution in [3.8, 4) is 5.75 Å². The summed E-state index contributed by atoms with van der Waals surface area (Å²) in [7, 11) is 0. The number of ether oxygens (including phenoxy) is 1. The second kappa shape index (κ2) is 8.42. The minimum absolute atomic E-state index is 0.116. The minimum Gasteiger partial charge on any atom is -0.868 e. The van der Waals surface area contributed by atoms with Crippen molar-refractivity contribution in [3.05, 3.63) is 81.0 Å². The maximum atomic E-state index is 12.7. The lowest BCUT2D eigenvalue weighted by molar-refractivity contribution is -0.398. The van der Waals surface area contributed by atoms with Gasteiger partial charge >= 0.3 is 12.0 Å². The van der Waals surface area contributed by atoms with Crippen molar-refractivity contribution >= 4 is 17.7 Å².